The van der Waals surface area contributed by atoms with Crippen LogP contribution >= 0.6 is 0 Å². The lowest BCUT2D eigenvalue weighted by molar-refractivity contribution is 0.476. The molecule has 62 valence electrons. The highest BCUT2D eigenvalue weighted by Crippen LogP contribution is 2.18. The third-order valence-electron chi connectivity index (χ3n) is 1.27. The molecule has 2 nitrogen and oxygen atoms in total. The fourth-order valence-electron chi connectivity index (χ4n) is 0.821. The molecule has 0 radical (unpaired) electrons. The highest BCUT2D eigenvalue weighted by atomic mass is 16.5. The summed E-state index contributed by atoms with van der Waals surface area (Å²) in [5, 5.41) is 0. The predicted octanol–water partition coefficient (Wildman–Crippen LogP) is 2.63. The second-order valence-corrected chi connectivity index (χ2v) is 1.93. The molecule has 2 rings (SSSR count). The first-order valence-electron chi connectivity index (χ1n) is 3.99. The number of ether oxygens (including phenoxy) is 1. The van der Waals surface area contributed by atoms with Crippen LogP contribution in [0, 0.1) is 0 Å². The van der Waals surface area contributed by atoms with Crippen molar-refractivity contribution in [1.29, 1.82) is 0 Å². The van der Waals surface area contributed by atoms with Gasteiger partial charge in [-0.25, -0.2) is 0 Å². The molecule has 1 aliphatic heterocycles. The van der Waals surface area contributed by atoms with Gasteiger partial charge in [-0.1, -0.05) is 19.6 Å². The Kier molecular flexibility index (Phi) is 3.12. The SMILES string of the molecule is C1=COc2cccnc2C=1.CC. The molecule has 0 bridgehead atoms. The number of fused-ring (bicyclic) bond motifs is 1. The zero-order chi connectivity index (χ0) is 8.81. The summed E-state index contributed by atoms with van der Waals surface area (Å²) >= 11 is 0. The quantitative estimate of drug-likeness (QED) is 0.546. The van der Waals surface area contributed by atoms with Gasteiger partial charge in [-0.2, -0.15) is 0 Å². The van der Waals surface area contributed by atoms with Crippen LogP contribution in [0.5, 0.6) is 5.75 Å². The number of aromatic nitrogens is 1. The summed E-state index contributed by atoms with van der Waals surface area (Å²) in [6.45, 7) is 4.00. The third kappa shape index (κ3) is 1.74. The molecule has 0 aliphatic carbocycles. The van der Waals surface area contributed by atoms with Crippen LogP contribution in [0.1, 0.15) is 19.5 Å². The number of pyridine rings is 1. The highest BCUT2D eigenvalue weighted by Gasteiger charge is 2.00. The summed E-state index contributed by atoms with van der Waals surface area (Å²) in [6.07, 6.45) is 5.04. The van der Waals surface area contributed by atoms with E-state index >= 15 is 0 Å². The van der Waals surface area contributed by atoms with Crippen molar-refractivity contribution in [2.45, 2.75) is 13.8 Å². The minimum Gasteiger partial charge on any atom is -0.454 e. The van der Waals surface area contributed by atoms with E-state index in [0.29, 0.717) is 0 Å². The summed E-state index contributed by atoms with van der Waals surface area (Å²) in [7, 11) is 0. The van der Waals surface area contributed by atoms with Crippen molar-refractivity contribution in [2.75, 3.05) is 0 Å². The van der Waals surface area contributed by atoms with Crippen LogP contribution in [0.2, 0.25) is 0 Å². The van der Waals surface area contributed by atoms with E-state index in [1.807, 2.05) is 26.0 Å². The topological polar surface area (TPSA) is 22.1 Å². The molecule has 2 heterocycles. The normalized spacial score (nSPS) is 10.8. The zero-order valence-corrected chi connectivity index (χ0v) is 7.24. The molecule has 0 aromatic carbocycles. The van der Waals surface area contributed by atoms with Crippen LogP contribution in [-0.2, 0) is 0 Å². The van der Waals surface area contributed by atoms with Crippen molar-refractivity contribution in [2.24, 2.45) is 0 Å². The van der Waals surface area contributed by atoms with Gasteiger partial charge in [0, 0.05) is 12.3 Å². The minimum atomic E-state index is 0.793. The van der Waals surface area contributed by atoms with E-state index in [4.69, 9.17) is 4.74 Å². The number of hydrogen-bond donors (Lipinski definition) is 0. The zero-order valence-electron chi connectivity index (χ0n) is 7.24. The molecule has 0 unspecified atom stereocenters. The Labute approximate surface area is 72.2 Å². The number of nitrogens with zero attached hydrogens (tertiary/aromatic N) is 1. The Balaban J connectivity index is 0.000000336. The van der Waals surface area contributed by atoms with Crippen LogP contribution in [0.25, 0.3) is 6.08 Å². The van der Waals surface area contributed by atoms with Crippen molar-refractivity contribution in [3.8, 4) is 5.75 Å². The predicted molar refractivity (Wildman–Crippen MR) is 48.8 cm³/mol. The van der Waals surface area contributed by atoms with Crippen LogP contribution in [0.4, 0.5) is 0 Å². The molecule has 0 spiro atoms. The lowest BCUT2D eigenvalue weighted by Gasteiger charge is -2.03. The molecule has 0 amide bonds. The Morgan fingerprint density at radius 1 is 1.42 bits per heavy atom. The van der Waals surface area contributed by atoms with Crippen LogP contribution in [-0.4, -0.2) is 4.98 Å². The van der Waals surface area contributed by atoms with E-state index in [1.165, 1.54) is 6.26 Å². The van der Waals surface area contributed by atoms with Gasteiger partial charge < -0.3 is 4.74 Å². The van der Waals surface area contributed by atoms with Crippen LogP contribution < -0.4 is 4.74 Å². The fourth-order valence-corrected chi connectivity index (χ4v) is 0.821. The summed E-state index contributed by atoms with van der Waals surface area (Å²) in [4.78, 5) is 4.06. The fraction of sp³-hybridized carbons (Fsp3) is 0.200. The Morgan fingerprint density at radius 3 is 3.00 bits per heavy atom. The molecule has 0 saturated heterocycles. The summed E-state index contributed by atoms with van der Waals surface area (Å²) in [6, 6.07) is 3.71. The average molecular weight is 161 g/mol. The second kappa shape index (κ2) is 4.37. The molecule has 0 atom stereocenters. The van der Waals surface area contributed by atoms with E-state index in [9.17, 15) is 0 Å². The van der Waals surface area contributed by atoms with E-state index < -0.39 is 0 Å². The molecular weight excluding hydrogens is 150 g/mol. The number of rotatable bonds is 0. The van der Waals surface area contributed by atoms with Gasteiger partial charge in [-0.05, 0) is 12.1 Å². The van der Waals surface area contributed by atoms with E-state index in [2.05, 4.69) is 10.7 Å². The minimum absolute atomic E-state index is 0.793. The van der Waals surface area contributed by atoms with Gasteiger partial charge in [0.05, 0.1) is 0 Å². The molecule has 1 aromatic heterocycles. The smallest absolute Gasteiger partial charge is 0.153 e. The van der Waals surface area contributed by atoms with Crippen molar-refractivity contribution in [3.05, 3.63) is 36.0 Å². The first-order valence-corrected chi connectivity index (χ1v) is 3.99. The van der Waals surface area contributed by atoms with Crippen molar-refractivity contribution >= 4 is 6.08 Å². The molecule has 0 saturated carbocycles. The first-order chi connectivity index (χ1) is 5.97. The molecule has 0 N–H and O–H groups in total. The van der Waals surface area contributed by atoms with Crippen molar-refractivity contribution < 1.29 is 4.74 Å². The van der Waals surface area contributed by atoms with Gasteiger partial charge in [0.25, 0.3) is 0 Å². The van der Waals surface area contributed by atoms with Gasteiger partial charge >= 0.3 is 0 Å². The monoisotopic (exact) mass is 161 g/mol. The third-order valence-corrected chi connectivity index (χ3v) is 1.27. The van der Waals surface area contributed by atoms with Gasteiger partial charge in [0.15, 0.2) is 5.75 Å². The standard InChI is InChI=1S/C8H5NO.C2H6/c1-4-8-7(9-5-1)3-2-6-10-8;1-2/h1,3-6H;1-2H3. The van der Waals surface area contributed by atoms with Crippen LogP contribution in [0.3, 0.4) is 0 Å². The van der Waals surface area contributed by atoms with Gasteiger partial charge in [-0.3, -0.25) is 4.98 Å². The van der Waals surface area contributed by atoms with E-state index in [0.717, 1.165) is 11.4 Å². The molecule has 12 heavy (non-hydrogen) atoms. The highest BCUT2D eigenvalue weighted by molar-refractivity contribution is 5.53. The Morgan fingerprint density at radius 2 is 2.25 bits per heavy atom. The molecule has 1 aromatic rings. The second-order valence-electron chi connectivity index (χ2n) is 1.93. The average Bonchev–Trinajstić information content (AvgIpc) is 2.21. The van der Waals surface area contributed by atoms with Gasteiger partial charge in [0.1, 0.15) is 12.0 Å². The van der Waals surface area contributed by atoms with Crippen LogP contribution in [0.15, 0.2) is 30.3 Å². The van der Waals surface area contributed by atoms with E-state index in [-0.39, 0.29) is 0 Å². The van der Waals surface area contributed by atoms with Gasteiger partial charge in [-0.15, -0.1) is 0 Å². The molecule has 1 aliphatic rings. The van der Waals surface area contributed by atoms with E-state index in [1.54, 1.807) is 12.3 Å². The molecule has 2 heteroatoms. The maximum atomic E-state index is 5.09. The Hall–Kier alpha value is -1.53. The molecular formula is C10H11NO. The Bertz CT molecular complexity index is 311. The summed E-state index contributed by atoms with van der Waals surface area (Å²) < 4.78 is 5.09. The summed E-state index contributed by atoms with van der Waals surface area (Å²) in [5.41, 5.74) is 3.64. The van der Waals surface area contributed by atoms with Crippen molar-refractivity contribution in [3.63, 3.8) is 0 Å². The van der Waals surface area contributed by atoms with Crippen molar-refractivity contribution in [1.82, 2.24) is 4.98 Å². The number of hydrogen-bond acceptors (Lipinski definition) is 2. The summed E-state index contributed by atoms with van der Waals surface area (Å²) in [5.74, 6) is 0.793. The maximum Gasteiger partial charge on any atom is 0.153 e. The maximum absolute atomic E-state index is 5.09. The lowest BCUT2D eigenvalue weighted by atomic mass is 10.3. The lowest BCUT2D eigenvalue weighted by Crippen LogP contribution is -1.90. The first kappa shape index (κ1) is 8.57. The molecule has 0 fully saturated rings. The van der Waals surface area contributed by atoms with Gasteiger partial charge in [0.2, 0.25) is 0 Å². The largest absolute Gasteiger partial charge is 0.454 e.